The monoisotopic (exact) mass is 229 g/mol. The molecule has 3 rings (SSSR count). The summed E-state index contributed by atoms with van der Waals surface area (Å²) in [4.78, 5) is 0. The zero-order valence-electron chi connectivity index (χ0n) is 8.81. The van der Waals surface area contributed by atoms with Gasteiger partial charge in [0.1, 0.15) is 5.03 Å². The first-order chi connectivity index (χ1) is 7.70. The Morgan fingerprint density at radius 3 is 2.69 bits per heavy atom. The van der Waals surface area contributed by atoms with Crippen molar-refractivity contribution in [3.63, 3.8) is 0 Å². The highest BCUT2D eigenvalue weighted by molar-refractivity contribution is 7.80. The molecule has 0 saturated carbocycles. The van der Waals surface area contributed by atoms with Crippen molar-refractivity contribution in [3.8, 4) is 5.75 Å². The van der Waals surface area contributed by atoms with Gasteiger partial charge in [-0.3, -0.25) is 0 Å². The Morgan fingerprint density at radius 2 is 1.88 bits per heavy atom. The molecule has 0 bridgehead atoms. The highest BCUT2D eigenvalue weighted by Crippen LogP contribution is 2.38. The predicted molar refractivity (Wildman–Crippen MR) is 69.3 cm³/mol. The molecule has 0 aliphatic rings. The molecule has 2 aromatic carbocycles. The van der Waals surface area contributed by atoms with E-state index in [0.29, 0.717) is 5.03 Å². The Hall–Kier alpha value is -1.61. The lowest BCUT2D eigenvalue weighted by molar-refractivity contribution is 0.463. The van der Waals surface area contributed by atoms with E-state index in [1.807, 2.05) is 41.9 Å². The predicted octanol–water partition coefficient (Wildman–Crippen LogP) is 3.33. The van der Waals surface area contributed by atoms with Crippen LogP contribution in [0, 0.1) is 0 Å². The van der Waals surface area contributed by atoms with E-state index in [2.05, 4.69) is 18.7 Å². The molecule has 0 radical (unpaired) electrons. The van der Waals surface area contributed by atoms with E-state index in [4.69, 9.17) is 0 Å². The van der Waals surface area contributed by atoms with Gasteiger partial charge in [-0.15, -0.1) is 12.6 Å². The summed E-state index contributed by atoms with van der Waals surface area (Å²) in [7, 11) is 1.90. The van der Waals surface area contributed by atoms with Crippen LogP contribution in [-0.2, 0) is 7.05 Å². The summed E-state index contributed by atoms with van der Waals surface area (Å²) in [5.41, 5.74) is 1.00. The number of benzene rings is 2. The second kappa shape index (κ2) is 3.19. The summed E-state index contributed by atoms with van der Waals surface area (Å²) in [5, 5.41) is 13.8. The minimum atomic E-state index is 0.262. The van der Waals surface area contributed by atoms with Crippen molar-refractivity contribution < 1.29 is 5.11 Å². The number of nitrogens with zero attached hydrogens (tertiary/aromatic N) is 1. The van der Waals surface area contributed by atoms with Crippen LogP contribution in [0.3, 0.4) is 0 Å². The van der Waals surface area contributed by atoms with E-state index in [1.165, 1.54) is 0 Å². The Labute approximate surface area is 98.5 Å². The standard InChI is InChI=1S/C13H11NOS/c1-14-10-7-6-8-4-2-3-5-9(8)11(10)12(15)13(14)16/h2-7,15-16H,1H3. The lowest BCUT2D eigenvalue weighted by atomic mass is 10.1. The molecule has 0 spiro atoms. The first-order valence-corrected chi connectivity index (χ1v) is 5.53. The van der Waals surface area contributed by atoms with Gasteiger partial charge in [0, 0.05) is 7.05 Å². The van der Waals surface area contributed by atoms with E-state index < -0.39 is 0 Å². The third-order valence-electron chi connectivity index (χ3n) is 3.03. The quantitative estimate of drug-likeness (QED) is 0.568. The number of rotatable bonds is 0. The van der Waals surface area contributed by atoms with Crippen molar-refractivity contribution in [1.29, 1.82) is 0 Å². The van der Waals surface area contributed by atoms with Gasteiger partial charge in [0.25, 0.3) is 0 Å². The summed E-state index contributed by atoms with van der Waals surface area (Å²) in [6.45, 7) is 0. The maximum absolute atomic E-state index is 10.1. The maximum Gasteiger partial charge on any atom is 0.155 e. The van der Waals surface area contributed by atoms with Crippen LogP contribution in [0.2, 0.25) is 0 Å². The van der Waals surface area contributed by atoms with Gasteiger partial charge in [0.15, 0.2) is 5.75 Å². The van der Waals surface area contributed by atoms with Gasteiger partial charge in [-0.25, -0.2) is 0 Å². The van der Waals surface area contributed by atoms with E-state index in [-0.39, 0.29) is 5.75 Å². The van der Waals surface area contributed by atoms with Crippen molar-refractivity contribution in [2.75, 3.05) is 0 Å². The zero-order valence-corrected chi connectivity index (χ0v) is 9.70. The fourth-order valence-electron chi connectivity index (χ4n) is 2.17. The topological polar surface area (TPSA) is 25.2 Å². The second-order valence-corrected chi connectivity index (χ2v) is 4.34. The Morgan fingerprint density at radius 1 is 1.12 bits per heavy atom. The second-order valence-electron chi connectivity index (χ2n) is 3.91. The van der Waals surface area contributed by atoms with Gasteiger partial charge in [0.05, 0.1) is 10.9 Å². The molecule has 1 aromatic heterocycles. The van der Waals surface area contributed by atoms with Crippen LogP contribution in [0.15, 0.2) is 41.4 Å². The number of aryl methyl sites for hydroxylation is 1. The third-order valence-corrected chi connectivity index (χ3v) is 3.55. The van der Waals surface area contributed by atoms with Gasteiger partial charge in [-0.05, 0) is 16.8 Å². The smallest absolute Gasteiger partial charge is 0.155 e. The fraction of sp³-hybridized carbons (Fsp3) is 0.0769. The highest BCUT2D eigenvalue weighted by atomic mass is 32.1. The molecule has 0 atom stereocenters. The SMILES string of the molecule is Cn1c(S)c(O)c2c3ccccc3ccc21. The van der Waals surface area contributed by atoms with E-state index >= 15 is 0 Å². The summed E-state index contributed by atoms with van der Waals surface area (Å²) in [6.07, 6.45) is 0. The summed E-state index contributed by atoms with van der Waals surface area (Å²) < 4.78 is 1.89. The largest absolute Gasteiger partial charge is 0.505 e. The number of aromatic nitrogens is 1. The van der Waals surface area contributed by atoms with Crippen LogP contribution in [0.25, 0.3) is 21.7 Å². The lowest BCUT2D eigenvalue weighted by Crippen LogP contribution is -1.86. The number of hydrogen-bond acceptors (Lipinski definition) is 2. The number of fused-ring (bicyclic) bond motifs is 3. The molecule has 3 aromatic rings. The molecule has 0 saturated heterocycles. The molecular weight excluding hydrogens is 218 g/mol. The van der Waals surface area contributed by atoms with Crippen molar-refractivity contribution in [1.82, 2.24) is 4.57 Å². The van der Waals surface area contributed by atoms with Gasteiger partial charge < -0.3 is 9.67 Å². The van der Waals surface area contributed by atoms with E-state index in [9.17, 15) is 5.11 Å². The minimum absolute atomic E-state index is 0.262. The summed E-state index contributed by atoms with van der Waals surface area (Å²) in [5.74, 6) is 0.262. The normalized spacial score (nSPS) is 11.4. The van der Waals surface area contributed by atoms with Crippen LogP contribution in [0.1, 0.15) is 0 Å². The van der Waals surface area contributed by atoms with Gasteiger partial charge >= 0.3 is 0 Å². The molecule has 1 heterocycles. The van der Waals surface area contributed by atoms with Crippen molar-refractivity contribution in [2.45, 2.75) is 5.03 Å². The van der Waals surface area contributed by atoms with Crippen LogP contribution in [0.5, 0.6) is 5.75 Å². The molecule has 80 valence electrons. The van der Waals surface area contributed by atoms with Crippen molar-refractivity contribution in [2.24, 2.45) is 7.05 Å². The molecule has 0 unspecified atom stereocenters. The number of hydrogen-bond donors (Lipinski definition) is 2. The molecule has 16 heavy (non-hydrogen) atoms. The average Bonchev–Trinajstić information content (AvgIpc) is 2.55. The van der Waals surface area contributed by atoms with Crippen LogP contribution in [-0.4, -0.2) is 9.67 Å². The van der Waals surface area contributed by atoms with Gasteiger partial charge in [-0.1, -0.05) is 30.3 Å². The molecule has 0 amide bonds. The first kappa shape index (κ1) is 9.60. The minimum Gasteiger partial charge on any atom is -0.505 e. The van der Waals surface area contributed by atoms with Crippen LogP contribution < -0.4 is 0 Å². The fourth-order valence-corrected chi connectivity index (χ4v) is 2.39. The van der Waals surface area contributed by atoms with E-state index in [0.717, 1.165) is 21.7 Å². The average molecular weight is 229 g/mol. The molecule has 3 heteroatoms. The highest BCUT2D eigenvalue weighted by Gasteiger charge is 2.13. The van der Waals surface area contributed by atoms with Crippen LogP contribution >= 0.6 is 12.6 Å². The Kier molecular flexibility index (Phi) is 1.91. The molecule has 0 aliphatic heterocycles. The summed E-state index contributed by atoms with van der Waals surface area (Å²) in [6, 6.07) is 12.1. The molecule has 2 nitrogen and oxygen atoms in total. The van der Waals surface area contributed by atoms with Gasteiger partial charge in [0.2, 0.25) is 0 Å². The van der Waals surface area contributed by atoms with E-state index in [1.54, 1.807) is 0 Å². The lowest BCUT2D eigenvalue weighted by Gasteiger charge is -2.00. The molecular formula is C13H11NOS. The Bertz CT molecular complexity index is 700. The molecule has 0 aliphatic carbocycles. The molecule has 0 fully saturated rings. The third kappa shape index (κ3) is 1.09. The van der Waals surface area contributed by atoms with Crippen LogP contribution in [0.4, 0.5) is 0 Å². The zero-order chi connectivity index (χ0) is 11.3. The van der Waals surface area contributed by atoms with Crippen molar-refractivity contribution >= 4 is 34.3 Å². The molecule has 1 N–H and O–H groups in total. The number of thiol groups is 1. The van der Waals surface area contributed by atoms with Crippen molar-refractivity contribution in [3.05, 3.63) is 36.4 Å². The number of aromatic hydroxyl groups is 1. The Balaban J connectivity index is 2.65. The van der Waals surface area contributed by atoms with Gasteiger partial charge in [-0.2, -0.15) is 0 Å². The summed E-state index contributed by atoms with van der Waals surface area (Å²) >= 11 is 4.31. The first-order valence-electron chi connectivity index (χ1n) is 5.08. The maximum atomic E-state index is 10.1.